The molecule has 0 saturated carbocycles. The molecule has 0 fully saturated rings. The second kappa shape index (κ2) is 1.82. The van der Waals surface area contributed by atoms with Crippen LogP contribution >= 0.6 is 0 Å². The number of nitrogens with one attached hydrogen (secondary N) is 1. The Labute approximate surface area is 52.0 Å². The van der Waals surface area contributed by atoms with Gasteiger partial charge in [-0.1, -0.05) is 0 Å². The number of sulfonamides is 1. The summed E-state index contributed by atoms with van der Waals surface area (Å²) >= 11 is 0. The molecule has 50 valence electrons. The molecule has 0 aliphatic carbocycles. The van der Waals surface area contributed by atoms with Gasteiger partial charge in [-0.2, -0.15) is 0 Å². The fourth-order valence-electron chi connectivity index (χ4n) is 0.399. The van der Waals surface area contributed by atoms with Gasteiger partial charge in [0.05, 0.1) is 12.5 Å². The van der Waals surface area contributed by atoms with Gasteiger partial charge in [-0.15, -0.1) is 0 Å². The second-order valence-corrected chi connectivity index (χ2v) is 2.99. The van der Waals surface area contributed by atoms with Crippen LogP contribution < -0.4 is 5.14 Å². The van der Waals surface area contributed by atoms with Gasteiger partial charge in [0.25, 0.3) is 10.0 Å². The monoisotopic (exact) mass is 147 g/mol. The molecule has 0 aliphatic rings. The van der Waals surface area contributed by atoms with Crippen molar-refractivity contribution in [1.82, 2.24) is 9.97 Å². The van der Waals surface area contributed by atoms with Crippen LogP contribution in [0.2, 0.25) is 0 Å². The molecule has 6 heteroatoms. The average molecular weight is 147 g/mol. The van der Waals surface area contributed by atoms with E-state index in [1.54, 1.807) is 0 Å². The molecule has 9 heavy (non-hydrogen) atoms. The third-order valence-electron chi connectivity index (χ3n) is 0.780. The van der Waals surface area contributed by atoms with E-state index in [2.05, 4.69) is 9.97 Å². The standard InChI is InChI=1S/C3H5N3O2S/c4-9(7,8)3-1-5-2-6-3/h1-2H,(H,5,6)(H2,4,7,8). The largest absolute Gasteiger partial charge is 0.335 e. The minimum Gasteiger partial charge on any atom is -0.335 e. The molecular formula is C3H5N3O2S. The highest BCUT2D eigenvalue weighted by Crippen LogP contribution is 1.96. The van der Waals surface area contributed by atoms with Crippen LogP contribution in [0.3, 0.4) is 0 Å². The van der Waals surface area contributed by atoms with Crippen LogP contribution in [0.25, 0.3) is 0 Å². The molecule has 0 atom stereocenters. The van der Waals surface area contributed by atoms with Gasteiger partial charge in [0.2, 0.25) is 0 Å². The zero-order valence-corrected chi connectivity index (χ0v) is 5.22. The van der Waals surface area contributed by atoms with Crippen molar-refractivity contribution in [2.45, 2.75) is 5.03 Å². The van der Waals surface area contributed by atoms with E-state index >= 15 is 0 Å². The van der Waals surface area contributed by atoms with Crippen LogP contribution in [0.15, 0.2) is 17.6 Å². The van der Waals surface area contributed by atoms with Crippen molar-refractivity contribution in [3.8, 4) is 0 Å². The Kier molecular flexibility index (Phi) is 1.26. The van der Waals surface area contributed by atoms with Crippen LogP contribution in [-0.4, -0.2) is 18.4 Å². The van der Waals surface area contributed by atoms with Crippen molar-refractivity contribution in [3.63, 3.8) is 0 Å². The summed E-state index contributed by atoms with van der Waals surface area (Å²) in [5.74, 6) is 0. The summed E-state index contributed by atoms with van der Waals surface area (Å²) in [4.78, 5) is 5.83. The molecule has 1 heterocycles. The first-order valence-corrected chi connectivity index (χ1v) is 3.66. The number of aromatic amines is 1. The van der Waals surface area contributed by atoms with E-state index < -0.39 is 10.0 Å². The summed E-state index contributed by atoms with van der Waals surface area (Å²) < 4.78 is 20.8. The summed E-state index contributed by atoms with van der Waals surface area (Å²) in [6, 6.07) is 0. The number of rotatable bonds is 1. The fraction of sp³-hybridized carbons (Fsp3) is 0. The second-order valence-electron chi connectivity index (χ2n) is 1.46. The first-order chi connectivity index (χ1) is 4.11. The highest BCUT2D eigenvalue weighted by Gasteiger charge is 2.06. The maximum Gasteiger partial charge on any atom is 0.255 e. The van der Waals surface area contributed by atoms with Crippen molar-refractivity contribution in [1.29, 1.82) is 0 Å². The zero-order chi connectivity index (χ0) is 6.91. The number of aromatic nitrogens is 2. The van der Waals surface area contributed by atoms with Crippen LogP contribution in [0, 0.1) is 0 Å². The molecule has 1 rings (SSSR count). The maximum absolute atomic E-state index is 10.4. The van der Waals surface area contributed by atoms with Crippen molar-refractivity contribution < 1.29 is 8.42 Å². The van der Waals surface area contributed by atoms with Gasteiger partial charge < -0.3 is 4.98 Å². The predicted octanol–water partition coefficient (Wildman–Crippen LogP) is -0.943. The number of H-pyrrole nitrogens is 1. The number of hydrogen-bond donors (Lipinski definition) is 2. The lowest BCUT2D eigenvalue weighted by molar-refractivity contribution is 0.595. The van der Waals surface area contributed by atoms with Gasteiger partial charge in [-0.3, -0.25) is 0 Å². The number of nitrogens with zero attached hydrogens (tertiary/aromatic N) is 1. The lowest BCUT2D eigenvalue weighted by atomic mass is 11.0. The molecule has 0 bridgehead atoms. The lowest BCUT2D eigenvalue weighted by Gasteiger charge is -1.86. The molecule has 1 aromatic rings. The van der Waals surface area contributed by atoms with Crippen LogP contribution in [0.4, 0.5) is 0 Å². The van der Waals surface area contributed by atoms with Crippen LogP contribution in [0.5, 0.6) is 0 Å². The lowest BCUT2D eigenvalue weighted by Crippen LogP contribution is -2.12. The van der Waals surface area contributed by atoms with Crippen LogP contribution in [0.1, 0.15) is 0 Å². The quantitative estimate of drug-likeness (QED) is 0.537. The Bertz CT molecular complexity index is 274. The summed E-state index contributed by atoms with van der Waals surface area (Å²) in [5, 5.41) is 4.64. The smallest absolute Gasteiger partial charge is 0.255 e. The number of primary sulfonamides is 1. The van der Waals surface area contributed by atoms with Crippen molar-refractivity contribution >= 4 is 10.0 Å². The Morgan fingerprint density at radius 3 is 2.56 bits per heavy atom. The van der Waals surface area contributed by atoms with Gasteiger partial charge in [0.15, 0.2) is 5.03 Å². The van der Waals surface area contributed by atoms with Gasteiger partial charge in [0.1, 0.15) is 0 Å². The van der Waals surface area contributed by atoms with E-state index in [1.165, 1.54) is 6.33 Å². The van der Waals surface area contributed by atoms with E-state index in [0.29, 0.717) is 0 Å². The SMILES string of the molecule is NS(=O)(=O)c1cnc[nH]1. The van der Waals surface area contributed by atoms with E-state index in [9.17, 15) is 8.42 Å². The summed E-state index contributed by atoms with van der Waals surface area (Å²) in [6.07, 6.45) is 2.40. The third kappa shape index (κ3) is 1.27. The normalized spacial score (nSPS) is 11.7. The Morgan fingerprint density at radius 2 is 2.33 bits per heavy atom. The van der Waals surface area contributed by atoms with Crippen molar-refractivity contribution in [3.05, 3.63) is 12.5 Å². The third-order valence-corrected chi connectivity index (χ3v) is 1.62. The molecule has 0 aliphatic heterocycles. The molecule has 0 spiro atoms. The van der Waals surface area contributed by atoms with Crippen molar-refractivity contribution in [2.75, 3.05) is 0 Å². The molecular weight excluding hydrogens is 142 g/mol. The van der Waals surface area contributed by atoms with Gasteiger partial charge in [-0.25, -0.2) is 18.5 Å². The first-order valence-electron chi connectivity index (χ1n) is 2.12. The highest BCUT2D eigenvalue weighted by molar-refractivity contribution is 7.89. The van der Waals surface area contributed by atoms with E-state index in [0.717, 1.165) is 6.20 Å². The summed E-state index contributed by atoms with van der Waals surface area (Å²) in [6.45, 7) is 0. The fourth-order valence-corrected chi connectivity index (χ4v) is 0.823. The van der Waals surface area contributed by atoms with E-state index in [1.807, 2.05) is 0 Å². The van der Waals surface area contributed by atoms with E-state index in [-0.39, 0.29) is 5.03 Å². The highest BCUT2D eigenvalue weighted by atomic mass is 32.2. The Hall–Kier alpha value is -0.880. The molecule has 0 aromatic carbocycles. The molecule has 0 amide bonds. The maximum atomic E-state index is 10.4. The van der Waals surface area contributed by atoms with Crippen LogP contribution in [-0.2, 0) is 10.0 Å². The van der Waals surface area contributed by atoms with Gasteiger partial charge in [0, 0.05) is 0 Å². The minimum atomic E-state index is -3.58. The number of imidazole rings is 1. The summed E-state index contributed by atoms with van der Waals surface area (Å²) in [5.41, 5.74) is 0. The number of nitrogens with two attached hydrogens (primary N) is 1. The molecule has 1 aromatic heterocycles. The Morgan fingerprint density at radius 1 is 1.67 bits per heavy atom. The Balaban J connectivity index is 3.20. The van der Waals surface area contributed by atoms with Gasteiger partial charge >= 0.3 is 0 Å². The average Bonchev–Trinajstić information content (AvgIpc) is 2.08. The topological polar surface area (TPSA) is 88.8 Å². The first kappa shape index (κ1) is 6.24. The van der Waals surface area contributed by atoms with Crippen molar-refractivity contribution in [2.24, 2.45) is 5.14 Å². The molecule has 3 N–H and O–H groups in total. The molecule has 0 unspecified atom stereocenters. The van der Waals surface area contributed by atoms with E-state index in [4.69, 9.17) is 5.14 Å². The van der Waals surface area contributed by atoms with Gasteiger partial charge in [-0.05, 0) is 0 Å². The summed E-state index contributed by atoms with van der Waals surface area (Å²) in [7, 11) is -3.58. The molecule has 0 radical (unpaired) electrons. The molecule has 5 nitrogen and oxygen atoms in total. The molecule has 0 saturated heterocycles. The minimum absolute atomic E-state index is 0.0671. The number of hydrogen-bond acceptors (Lipinski definition) is 3. The zero-order valence-electron chi connectivity index (χ0n) is 4.40. The predicted molar refractivity (Wildman–Crippen MR) is 30.0 cm³/mol.